The quantitative estimate of drug-likeness (QED) is 0.771. The van der Waals surface area contributed by atoms with Crippen LogP contribution in [0.2, 0.25) is 0 Å². The molecule has 1 aliphatic heterocycles. The van der Waals surface area contributed by atoms with Crippen LogP contribution < -0.4 is 4.74 Å². The van der Waals surface area contributed by atoms with E-state index < -0.39 is 5.60 Å². The van der Waals surface area contributed by atoms with Gasteiger partial charge in [0.2, 0.25) is 5.78 Å². The molecule has 0 N–H and O–H groups in total. The first-order valence-electron chi connectivity index (χ1n) is 6.30. The predicted molar refractivity (Wildman–Crippen MR) is 67.1 cm³/mol. The molecule has 0 aliphatic carbocycles. The highest BCUT2D eigenvalue weighted by molar-refractivity contribution is 6.03. The molecule has 0 bridgehead atoms. The molecule has 0 spiro atoms. The summed E-state index contributed by atoms with van der Waals surface area (Å²) in [4.78, 5) is 12.7. The summed E-state index contributed by atoms with van der Waals surface area (Å²) in [5.41, 5.74) is -0.225. The minimum Gasteiger partial charge on any atom is -0.493 e. The highest BCUT2D eigenvalue weighted by atomic mass is 16.5. The molecule has 1 aromatic rings. The summed E-state index contributed by atoms with van der Waals surface area (Å²) in [5, 5.41) is 4.23. The Morgan fingerprint density at radius 2 is 2.33 bits per heavy atom. The highest BCUT2D eigenvalue weighted by Crippen LogP contribution is 2.33. The molecule has 18 heavy (non-hydrogen) atoms. The van der Waals surface area contributed by atoms with Gasteiger partial charge in [-0.25, -0.2) is 0 Å². The molecule has 1 aliphatic rings. The average molecular weight is 252 g/mol. The standard InChI is InChI=1S/C13H20N2O3/c1-9(2)15-11(10(17-4)8-14-15)12(16)13(3)6-5-7-18-13/h8-9H,5-7H2,1-4H3. The van der Waals surface area contributed by atoms with E-state index in [1.54, 1.807) is 18.0 Å². The molecule has 1 aromatic heterocycles. The lowest BCUT2D eigenvalue weighted by atomic mass is 9.94. The van der Waals surface area contributed by atoms with Gasteiger partial charge in [0.15, 0.2) is 5.75 Å². The number of rotatable bonds is 4. The maximum absolute atomic E-state index is 12.7. The Morgan fingerprint density at radius 3 is 2.83 bits per heavy atom. The highest BCUT2D eigenvalue weighted by Gasteiger charge is 2.41. The van der Waals surface area contributed by atoms with E-state index in [-0.39, 0.29) is 11.8 Å². The number of Topliss-reactive ketones (excluding diaryl/α,β-unsaturated/α-hetero) is 1. The van der Waals surface area contributed by atoms with Crippen molar-refractivity contribution in [1.29, 1.82) is 0 Å². The lowest BCUT2D eigenvalue weighted by molar-refractivity contribution is 0.0200. The summed E-state index contributed by atoms with van der Waals surface area (Å²) in [7, 11) is 1.55. The summed E-state index contributed by atoms with van der Waals surface area (Å²) < 4.78 is 12.6. The Labute approximate surface area is 107 Å². The van der Waals surface area contributed by atoms with E-state index in [4.69, 9.17) is 9.47 Å². The normalized spacial score (nSPS) is 23.6. The third-order valence-electron chi connectivity index (χ3n) is 3.39. The summed E-state index contributed by atoms with van der Waals surface area (Å²) in [6, 6.07) is 0.109. The first-order valence-corrected chi connectivity index (χ1v) is 6.30. The van der Waals surface area contributed by atoms with Crippen LogP contribution in [-0.4, -0.2) is 34.9 Å². The lowest BCUT2D eigenvalue weighted by Crippen LogP contribution is -2.36. The van der Waals surface area contributed by atoms with Gasteiger partial charge in [-0.2, -0.15) is 5.10 Å². The van der Waals surface area contributed by atoms with Gasteiger partial charge in [0.25, 0.3) is 0 Å². The fourth-order valence-electron chi connectivity index (χ4n) is 2.31. The first-order chi connectivity index (χ1) is 8.49. The molecule has 0 saturated carbocycles. The smallest absolute Gasteiger partial charge is 0.216 e. The molecule has 1 unspecified atom stereocenters. The largest absolute Gasteiger partial charge is 0.493 e. The topological polar surface area (TPSA) is 53.4 Å². The van der Waals surface area contributed by atoms with Crippen molar-refractivity contribution in [2.75, 3.05) is 13.7 Å². The number of ketones is 1. The number of methoxy groups -OCH3 is 1. The third-order valence-corrected chi connectivity index (χ3v) is 3.39. The predicted octanol–water partition coefficient (Wildman–Crippen LogP) is 2.22. The van der Waals surface area contributed by atoms with Crippen LogP contribution in [0.4, 0.5) is 0 Å². The van der Waals surface area contributed by atoms with Crippen molar-refractivity contribution in [3.05, 3.63) is 11.9 Å². The second kappa shape index (κ2) is 4.72. The summed E-state index contributed by atoms with van der Waals surface area (Å²) in [6.45, 7) is 6.46. The monoisotopic (exact) mass is 252 g/mol. The second-order valence-corrected chi connectivity index (χ2v) is 5.11. The van der Waals surface area contributed by atoms with Gasteiger partial charge in [-0.3, -0.25) is 9.48 Å². The van der Waals surface area contributed by atoms with Gasteiger partial charge in [-0.15, -0.1) is 0 Å². The molecule has 0 aromatic carbocycles. The fraction of sp³-hybridized carbons (Fsp3) is 0.692. The molecule has 1 saturated heterocycles. The molecule has 2 heterocycles. The second-order valence-electron chi connectivity index (χ2n) is 5.11. The van der Waals surface area contributed by atoms with Crippen molar-refractivity contribution in [3.8, 4) is 5.75 Å². The maximum atomic E-state index is 12.7. The van der Waals surface area contributed by atoms with Gasteiger partial charge in [0.05, 0.1) is 13.3 Å². The Kier molecular flexibility index (Phi) is 3.43. The molecule has 1 fully saturated rings. The Bertz CT molecular complexity index is 445. The Morgan fingerprint density at radius 1 is 1.61 bits per heavy atom. The van der Waals surface area contributed by atoms with Crippen LogP contribution >= 0.6 is 0 Å². The van der Waals surface area contributed by atoms with Crippen LogP contribution in [0.15, 0.2) is 6.20 Å². The number of carbonyl (C=O) groups is 1. The molecule has 5 heteroatoms. The Hall–Kier alpha value is -1.36. The number of nitrogens with zero attached hydrogens (tertiary/aromatic N) is 2. The third kappa shape index (κ3) is 2.03. The zero-order valence-corrected chi connectivity index (χ0v) is 11.4. The minimum atomic E-state index is -0.736. The molecule has 100 valence electrons. The zero-order valence-electron chi connectivity index (χ0n) is 11.4. The van der Waals surface area contributed by atoms with Crippen LogP contribution in [0.5, 0.6) is 5.75 Å². The molecular weight excluding hydrogens is 232 g/mol. The van der Waals surface area contributed by atoms with Crippen molar-refractivity contribution in [2.24, 2.45) is 0 Å². The van der Waals surface area contributed by atoms with E-state index in [0.29, 0.717) is 18.1 Å². The molecule has 1 atom stereocenters. The van der Waals surface area contributed by atoms with Crippen LogP contribution in [0, 0.1) is 0 Å². The van der Waals surface area contributed by atoms with Crippen molar-refractivity contribution < 1.29 is 14.3 Å². The molecule has 5 nitrogen and oxygen atoms in total. The van der Waals surface area contributed by atoms with Crippen LogP contribution in [0.1, 0.15) is 50.1 Å². The van der Waals surface area contributed by atoms with Crippen molar-refractivity contribution >= 4 is 5.78 Å². The zero-order chi connectivity index (χ0) is 13.3. The van der Waals surface area contributed by atoms with Crippen LogP contribution in [0.25, 0.3) is 0 Å². The minimum absolute atomic E-state index is 0.0388. The fourth-order valence-corrected chi connectivity index (χ4v) is 2.31. The average Bonchev–Trinajstić information content (AvgIpc) is 2.94. The van der Waals surface area contributed by atoms with Crippen LogP contribution in [-0.2, 0) is 4.74 Å². The van der Waals surface area contributed by atoms with Gasteiger partial charge in [-0.1, -0.05) is 0 Å². The Balaban J connectivity index is 2.42. The molecule has 0 radical (unpaired) electrons. The summed E-state index contributed by atoms with van der Waals surface area (Å²) >= 11 is 0. The van der Waals surface area contributed by atoms with E-state index in [1.165, 1.54) is 0 Å². The first kappa shape index (κ1) is 13.1. The van der Waals surface area contributed by atoms with E-state index in [9.17, 15) is 4.79 Å². The van der Waals surface area contributed by atoms with Gasteiger partial charge < -0.3 is 9.47 Å². The van der Waals surface area contributed by atoms with Crippen molar-refractivity contribution in [1.82, 2.24) is 9.78 Å². The van der Waals surface area contributed by atoms with E-state index >= 15 is 0 Å². The SMILES string of the molecule is COc1cnn(C(C)C)c1C(=O)C1(C)CCCO1. The number of ether oxygens (including phenoxy) is 2. The maximum Gasteiger partial charge on any atom is 0.216 e. The lowest BCUT2D eigenvalue weighted by Gasteiger charge is -2.23. The molecule has 2 rings (SSSR count). The molecular formula is C13H20N2O3. The number of aromatic nitrogens is 2. The van der Waals surface area contributed by atoms with Crippen LogP contribution in [0.3, 0.4) is 0 Å². The summed E-state index contributed by atoms with van der Waals surface area (Å²) in [6.07, 6.45) is 3.25. The summed E-state index contributed by atoms with van der Waals surface area (Å²) in [5.74, 6) is 0.480. The van der Waals surface area contributed by atoms with Gasteiger partial charge >= 0.3 is 0 Å². The molecule has 0 amide bonds. The van der Waals surface area contributed by atoms with E-state index in [2.05, 4.69) is 5.10 Å². The van der Waals surface area contributed by atoms with Gasteiger partial charge in [-0.05, 0) is 33.6 Å². The van der Waals surface area contributed by atoms with Gasteiger partial charge in [0.1, 0.15) is 11.3 Å². The van der Waals surface area contributed by atoms with E-state index in [0.717, 1.165) is 12.8 Å². The van der Waals surface area contributed by atoms with Crippen molar-refractivity contribution in [3.63, 3.8) is 0 Å². The van der Waals surface area contributed by atoms with E-state index in [1.807, 2.05) is 20.8 Å². The number of carbonyl (C=O) groups excluding carboxylic acids is 1. The number of hydrogen-bond acceptors (Lipinski definition) is 4. The van der Waals surface area contributed by atoms with Gasteiger partial charge in [0, 0.05) is 12.6 Å². The number of hydrogen-bond donors (Lipinski definition) is 0. The van der Waals surface area contributed by atoms with Crippen molar-refractivity contribution in [2.45, 2.75) is 45.3 Å².